The maximum absolute atomic E-state index is 11.9. The predicted molar refractivity (Wildman–Crippen MR) is 68.3 cm³/mol. The van der Waals surface area contributed by atoms with E-state index in [4.69, 9.17) is 4.74 Å². The van der Waals surface area contributed by atoms with Gasteiger partial charge in [-0.05, 0) is 56.3 Å². The lowest BCUT2D eigenvalue weighted by Crippen LogP contribution is -2.27. The second-order valence-corrected chi connectivity index (χ2v) is 6.10. The minimum absolute atomic E-state index is 0.0188. The van der Waals surface area contributed by atoms with E-state index in [0.717, 1.165) is 43.4 Å². The maximum atomic E-state index is 11.9. The lowest BCUT2D eigenvalue weighted by Gasteiger charge is -2.36. The van der Waals surface area contributed by atoms with E-state index in [1.54, 1.807) is 0 Å². The van der Waals surface area contributed by atoms with Crippen LogP contribution in [0.4, 0.5) is 8.78 Å². The number of halogens is 2. The maximum Gasteiger partial charge on any atom is 0.304 e. The number of rotatable bonds is 3. The summed E-state index contributed by atoms with van der Waals surface area (Å²) >= 11 is 0. The lowest BCUT2D eigenvalue weighted by molar-refractivity contribution is 0.0589. The van der Waals surface area contributed by atoms with Crippen LogP contribution in [-0.4, -0.2) is 6.10 Å². The Kier molecular flexibility index (Phi) is 5.02. The Morgan fingerprint density at radius 1 is 0.889 bits per heavy atom. The first-order valence-electron chi connectivity index (χ1n) is 7.31. The van der Waals surface area contributed by atoms with Gasteiger partial charge >= 0.3 is 6.08 Å². The Balaban J connectivity index is 1.71. The molecular formula is C15H24F2O. The van der Waals surface area contributed by atoms with Crippen LogP contribution in [-0.2, 0) is 4.74 Å². The molecule has 0 unspecified atom stereocenters. The standard InChI is InChI=1S/C15H24F2O/c1-11-2-4-12(5-3-11)13-6-8-14(9-7-13)18-10-15(16)17/h10-14H,2-9H2,1H3. The van der Waals surface area contributed by atoms with Crippen molar-refractivity contribution in [1.29, 1.82) is 0 Å². The minimum atomic E-state index is -1.72. The van der Waals surface area contributed by atoms with Gasteiger partial charge in [-0.25, -0.2) is 0 Å². The van der Waals surface area contributed by atoms with Gasteiger partial charge in [-0.3, -0.25) is 0 Å². The van der Waals surface area contributed by atoms with Crippen LogP contribution < -0.4 is 0 Å². The first-order chi connectivity index (χ1) is 8.65. The predicted octanol–water partition coefficient (Wildman–Crippen LogP) is 5.13. The third-order valence-electron chi connectivity index (χ3n) is 4.80. The SMILES string of the molecule is CC1CCC(C2CCC(OC=C(F)F)CC2)CC1. The average Bonchev–Trinajstić information content (AvgIpc) is 2.38. The van der Waals surface area contributed by atoms with Crippen molar-refractivity contribution >= 4 is 0 Å². The molecule has 2 saturated carbocycles. The van der Waals surface area contributed by atoms with Gasteiger partial charge in [0.25, 0.3) is 0 Å². The first kappa shape index (κ1) is 13.8. The molecule has 2 fully saturated rings. The summed E-state index contributed by atoms with van der Waals surface area (Å²) in [5, 5.41) is 0. The molecule has 2 aliphatic carbocycles. The molecule has 2 rings (SSSR count). The van der Waals surface area contributed by atoms with Gasteiger partial charge in [0.05, 0.1) is 6.10 Å². The molecule has 18 heavy (non-hydrogen) atoms. The molecule has 0 saturated heterocycles. The molecule has 0 aromatic carbocycles. The molecule has 2 aliphatic rings. The Hall–Kier alpha value is -0.600. The Morgan fingerprint density at radius 3 is 1.89 bits per heavy atom. The van der Waals surface area contributed by atoms with Crippen molar-refractivity contribution in [1.82, 2.24) is 0 Å². The summed E-state index contributed by atoms with van der Waals surface area (Å²) in [6.07, 6.45) is 8.61. The van der Waals surface area contributed by atoms with Gasteiger partial charge in [0.15, 0.2) is 0 Å². The van der Waals surface area contributed by atoms with Gasteiger partial charge in [0, 0.05) is 0 Å². The van der Waals surface area contributed by atoms with Crippen LogP contribution in [0.5, 0.6) is 0 Å². The van der Waals surface area contributed by atoms with Crippen molar-refractivity contribution in [3.05, 3.63) is 12.3 Å². The fraction of sp³-hybridized carbons (Fsp3) is 0.867. The molecule has 0 radical (unpaired) electrons. The summed E-state index contributed by atoms with van der Waals surface area (Å²) in [5.74, 6) is 2.60. The van der Waals surface area contributed by atoms with Crippen LogP contribution in [0.1, 0.15) is 58.3 Å². The smallest absolute Gasteiger partial charge is 0.304 e. The molecule has 3 heteroatoms. The molecule has 0 N–H and O–H groups in total. The highest BCUT2D eigenvalue weighted by Crippen LogP contribution is 2.40. The molecular weight excluding hydrogens is 234 g/mol. The van der Waals surface area contributed by atoms with Gasteiger partial charge in [-0.1, -0.05) is 19.8 Å². The molecule has 1 nitrogen and oxygen atoms in total. The third-order valence-corrected chi connectivity index (χ3v) is 4.80. The highest BCUT2D eigenvalue weighted by molar-refractivity contribution is 4.83. The van der Waals surface area contributed by atoms with Gasteiger partial charge in [-0.15, -0.1) is 0 Å². The third kappa shape index (κ3) is 3.96. The molecule has 0 aromatic rings. The zero-order chi connectivity index (χ0) is 13.0. The van der Waals surface area contributed by atoms with E-state index >= 15 is 0 Å². The van der Waals surface area contributed by atoms with E-state index in [1.807, 2.05) is 0 Å². The van der Waals surface area contributed by atoms with Gasteiger partial charge in [0.2, 0.25) is 0 Å². The van der Waals surface area contributed by atoms with Crippen LogP contribution >= 0.6 is 0 Å². The van der Waals surface area contributed by atoms with Crippen LogP contribution in [0.2, 0.25) is 0 Å². The Labute approximate surface area is 109 Å². The van der Waals surface area contributed by atoms with Crippen molar-refractivity contribution in [3.63, 3.8) is 0 Å². The average molecular weight is 258 g/mol. The summed E-state index contributed by atoms with van der Waals surface area (Å²) in [6, 6.07) is 0. The summed E-state index contributed by atoms with van der Waals surface area (Å²) in [5.41, 5.74) is 0. The van der Waals surface area contributed by atoms with E-state index in [0.29, 0.717) is 6.26 Å². The fourth-order valence-corrected chi connectivity index (χ4v) is 3.60. The molecule has 104 valence electrons. The number of hydrogen-bond acceptors (Lipinski definition) is 1. The van der Waals surface area contributed by atoms with Crippen molar-refractivity contribution in [2.45, 2.75) is 64.4 Å². The topological polar surface area (TPSA) is 9.23 Å². The van der Waals surface area contributed by atoms with Crippen molar-refractivity contribution in [2.75, 3.05) is 0 Å². The molecule has 0 spiro atoms. The van der Waals surface area contributed by atoms with Crippen LogP contribution in [0.25, 0.3) is 0 Å². The van der Waals surface area contributed by atoms with E-state index in [2.05, 4.69) is 6.92 Å². The highest BCUT2D eigenvalue weighted by Gasteiger charge is 2.30. The molecule has 0 atom stereocenters. The molecule has 0 bridgehead atoms. The van der Waals surface area contributed by atoms with E-state index in [1.165, 1.54) is 25.7 Å². The summed E-state index contributed by atoms with van der Waals surface area (Å²) in [6.45, 7) is 2.35. The molecule has 0 amide bonds. The van der Waals surface area contributed by atoms with E-state index < -0.39 is 6.08 Å². The summed E-state index contributed by atoms with van der Waals surface area (Å²) < 4.78 is 28.9. The normalized spacial score (nSPS) is 37.1. The zero-order valence-electron chi connectivity index (χ0n) is 11.2. The van der Waals surface area contributed by atoms with Crippen LogP contribution in [0.15, 0.2) is 12.3 Å². The van der Waals surface area contributed by atoms with E-state index in [9.17, 15) is 8.78 Å². The van der Waals surface area contributed by atoms with E-state index in [-0.39, 0.29) is 6.10 Å². The van der Waals surface area contributed by atoms with Crippen molar-refractivity contribution in [2.24, 2.45) is 17.8 Å². The number of ether oxygens (including phenoxy) is 1. The Bertz CT molecular complexity index is 270. The monoisotopic (exact) mass is 258 g/mol. The highest BCUT2D eigenvalue weighted by atomic mass is 19.3. The zero-order valence-corrected chi connectivity index (χ0v) is 11.2. The van der Waals surface area contributed by atoms with Crippen molar-refractivity contribution < 1.29 is 13.5 Å². The largest absolute Gasteiger partial charge is 0.492 e. The fourth-order valence-electron chi connectivity index (χ4n) is 3.60. The van der Waals surface area contributed by atoms with Gasteiger partial charge in [0.1, 0.15) is 6.26 Å². The second kappa shape index (κ2) is 6.53. The summed E-state index contributed by atoms with van der Waals surface area (Å²) in [4.78, 5) is 0. The van der Waals surface area contributed by atoms with Crippen LogP contribution in [0, 0.1) is 17.8 Å². The second-order valence-electron chi connectivity index (χ2n) is 6.10. The van der Waals surface area contributed by atoms with Crippen LogP contribution in [0.3, 0.4) is 0 Å². The molecule has 0 aromatic heterocycles. The Morgan fingerprint density at radius 2 is 1.39 bits per heavy atom. The molecule has 0 aliphatic heterocycles. The van der Waals surface area contributed by atoms with Crippen molar-refractivity contribution in [3.8, 4) is 0 Å². The summed E-state index contributed by atoms with van der Waals surface area (Å²) in [7, 11) is 0. The minimum Gasteiger partial charge on any atom is -0.492 e. The lowest BCUT2D eigenvalue weighted by atomic mass is 9.71. The number of hydrogen-bond donors (Lipinski definition) is 0. The quantitative estimate of drug-likeness (QED) is 0.638. The van der Waals surface area contributed by atoms with Gasteiger partial charge in [-0.2, -0.15) is 8.78 Å². The van der Waals surface area contributed by atoms with Gasteiger partial charge < -0.3 is 4.74 Å². The first-order valence-corrected chi connectivity index (χ1v) is 7.31. The molecule has 0 heterocycles.